The van der Waals surface area contributed by atoms with Crippen LogP contribution in [-0.2, 0) is 6.54 Å². The third-order valence-corrected chi connectivity index (χ3v) is 3.99. The molecule has 1 aliphatic heterocycles. The van der Waals surface area contributed by atoms with Crippen molar-refractivity contribution in [2.24, 2.45) is 0 Å². The second kappa shape index (κ2) is 5.86. The lowest BCUT2D eigenvalue weighted by molar-refractivity contribution is 0.250. The average Bonchev–Trinajstić information content (AvgIpc) is 2.47. The summed E-state index contributed by atoms with van der Waals surface area (Å²) in [7, 11) is 0. The topological polar surface area (TPSA) is 21.3 Å². The number of nitrogens with one attached hydrogen (secondary N) is 1. The van der Waals surface area contributed by atoms with Gasteiger partial charge in [0, 0.05) is 29.6 Å². The number of rotatable bonds is 3. The van der Waals surface area contributed by atoms with Gasteiger partial charge < -0.3 is 10.1 Å². The normalized spacial score (nSPS) is 17.4. The van der Waals surface area contributed by atoms with Crippen molar-refractivity contribution in [3.8, 4) is 5.75 Å². The first-order valence-corrected chi connectivity index (χ1v) is 7.32. The second-order valence-corrected chi connectivity index (χ2v) is 5.63. The lowest BCUT2D eigenvalue weighted by Gasteiger charge is -2.28. The van der Waals surface area contributed by atoms with Crippen molar-refractivity contribution in [2.75, 3.05) is 6.61 Å². The predicted molar refractivity (Wildman–Crippen MR) is 82.3 cm³/mol. The molecule has 0 fully saturated rings. The molecule has 0 radical (unpaired) electrons. The largest absolute Gasteiger partial charge is 0.493 e. The molecule has 20 heavy (non-hydrogen) atoms. The molecule has 0 aromatic heterocycles. The highest BCUT2D eigenvalue weighted by molar-refractivity contribution is 6.30. The Morgan fingerprint density at radius 1 is 1.20 bits per heavy atom. The lowest BCUT2D eigenvalue weighted by atomic mass is 9.98. The molecule has 1 unspecified atom stereocenters. The third kappa shape index (κ3) is 2.82. The Morgan fingerprint density at radius 2 is 2.00 bits per heavy atom. The zero-order valence-corrected chi connectivity index (χ0v) is 12.3. The predicted octanol–water partition coefficient (Wildman–Crippen LogP) is 4.26. The van der Waals surface area contributed by atoms with Gasteiger partial charge in [-0.25, -0.2) is 0 Å². The lowest BCUT2D eigenvalue weighted by Crippen LogP contribution is -2.27. The van der Waals surface area contributed by atoms with Gasteiger partial charge in [-0.05, 0) is 30.2 Å². The van der Waals surface area contributed by atoms with E-state index in [1.165, 1.54) is 16.7 Å². The van der Waals surface area contributed by atoms with Gasteiger partial charge in [0.15, 0.2) is 0 Å². The summed E-state index contributed by atoms with van der Waals surface area (Å²) in [4.78, 5) is 0. The minimum atomic E-state index is 0.356. The number of hydrogen-bond acceptors (Lipinski definition) is 2. The molecule has 2 aromatic rings. The molecule has 1 N–H and O–H groups in total. The van der Waals surface area contributed by atoms with Crippen molar-refractivity contribution >= 4 is 11.6 Å². The van der Waals surface area contributed by atoms with Crippen LogP contribution < -0.4 is 10.1 Å². The molecule has 104 valence electrons. The van der Waals surface area contributed by atoms with Crippen LogP contribution in [0.15, 0.2) is 42.5 Å². The van der Waals surface area contributed by atoms with E-state index in [2.05, 4.69) is 42.6 Å². The fourth-order valence-corrected chi connectivity index (χ4v) is 2.76. The van der Waals surface area contributed by atoms with Crippen LogP contribution >= 0.6 is 11.6 Å². The summed E-state index contributed by atoms with van der Waals surface area (Å²) in [5.74, 6) is 1.05. The summed E-state index contributed by atoms with van der Waals surface area (Å²) in [5.41, 5.74) is 3.72. The molecule has 0 bridgehead atoms. The molecule has 2 nitrogen and oxygen atoms in total. The zero-order valence-electron chi connectivity index (χ0n) is 11.5. The van der Waals surface area contributed by atoms with Gasteiger partial charge in [0.05, 0.1) is 6.61 Å². The maximum atomic E-state index is 5.91. The standard InChI is InChI=1S/C17H18ClNO/c1-12-3-2-4-15-16(9-10-20-17(12)15)19-11-13-5-7-14(18)8-6-13/h2-8,16,19H,9-11H2,1H3. The van der Waals surface area contributed by atoms with E-state index in [1.54, 1.807) is 0 Å². The Labute approximate surface area is 124 Å². The third-order valence-electron chi connectivity index (χ3n) is 3.74. The van der Waals surface area contributed by atoms with Gasteiger partial charge in [-0.1, -0.05) is 41.9 Å². The molecule has 1 aliphatic rings. The number of halogens is 1. The van der Waals surface area contributed by atoms with E-state index >= 15 is 0 Å². The van der Waals surface area contributed by atoms with Crippen LogP contribution in [0.3, 0.4) is 0 Å². The number of fused-ring (bicyclic) bond motifs is 1. The summed E-state index contributed by atoms with van der Waals surface area (Å²) >= 11 is 5.91. The SMILES string of the molecule is Cc1cccc2c1OCCC2NCc1ccc(Cl)cc1. The second-order valence-electron chi connectivity index (χ2n) is 5.19. The molecule has 0 saturated heterocycles. The maximum absolute atomic E-state index is 5.91. The molecule has 0 aliphatic carbocycles. The minimum absolute atomic E-state index is 0.356. The molecule has 2 aromatic carbocycles. The molecular formula is C17H18ClNO. The van der Waals surface area contributed by atoms with Crippen LogP contribution in [0.4, 0.5) is 0 Å². The highest BCUT2D eigenvalue weighted by Gasteiger charge is 2.21. The minimum Gasteiger partial charge on any atom is -0.493 e. The number of aryl methyl sites for hydroxylation is 1. The summed E-state index contributed by atoms with van der Waals surface area (Å²) < 4.78 is 5.79. The van der Waals surface area contributed by atoms with Crippen LogP contribution in [0.25, 0.3) is 0 Å². The van der Waals surface area contributed by atoms with Gasteiger partial charge in [-0.2, -0.15) is 0 Å². The summed E-state index contributed by atoms with van der Waals surface area (Å²) in [5, 5.41) is 4.40. The van der Waals surface area contributed by atoms with E-state index in [0.717, 1.165) is 30.3 Å². The van der Waals surface area contributed by atoms with E-state index < -0.39 is 0 Å². The summed E-state index contributed by atoms with van der Waals surface area (Å²) in [6.07, 6.45) is 1.00. The van der Waals surface area contributed by atoms with E-state index in [1.807, 2.05) is 12.1 Å². The van der Waals surface area contributed by atoms with Crippen LogP contribution in [0, 0.1) is 6.92 Å². The first kappa shape index (κ1) is 13.5. The highest BCUT2D eigenvalue weighted by Crippen LogP contribution is 2.34. The highest BCUT2D eigenvalue weighted by atomic mass is 35.5. The van der Waals surface area contributed by atoms with Crippen molar-refractivity contribution < 1.29 is 4.74 Å². The zero-order chi connectivity index (χ0) is 13.9. The molecule has 1 atom stereocenters. The number of ether oxygens (including phenoxy) is 1. The molecule has 0 saturated carbocycles. The molecule has 0 amide bonds. The van der Waals surface area contributed by atoms with Gasteiger partial charge in [-0.3, -0.25) is 0 Å². The van der Waals surface area contributed by atoms with Crippen LogP contribution in [0.2, 0.25) is 5.02 Å². The summed E-state index contributed by atoms with van der Waals surface area (Å²) in [6, 6.07) is 14.7. The van der Waals surface area contributed by atoms with Crippen molar-refractivity contribution in [1.82, 2.24) is 5.32 Å². The first-order valence-electron chi connectivity index (χ1n) is 6.94. The van der Waals surface area contributed by atoms with Crippen molar-refractivity contribution in [2.45, 2.75) is 25.9 Å². The van der Waals surface area contributed by atoms with Crippen LogP contribution in [0.1, 0.15) is 29.2 Å². The van der Waals surface area contributed by atoms with E-state index in [-0.39, 0.29) is 0 Å². The van der Waals surface area contributed by atoms with Crippen molar-refractivity contribution in [3.63, 3.8) is 0 Å². The van der Waals surface area contributed by atoms with Crippen LogP contribution in [-0.4, -0.2) is 6.61 Å². The molecule has 0 spiro atoms. The quantitative estimate of drug-likeness (QED) is 0.911. The Morgan fingerprint density at radius 3 is 2.80 bits per heavy atom. The fourth-order valence-electron chi connectivity index (χ4n) is 2.64. The Bertz CT molecular complexity index is 594. The van der Waals surface area contributed by atoms with Crippen molar-refractivity contribution in [1.29, 1.82) is 0 Å². The van der Waals surface area contributed by atoms with Gasteiger partial charge in [0.25, 0.3) is 0 Å². The maximum Gasteiger partial charge on any atom is 0.126 e. The Kier molecular flexibility index (Phi) is 3.95. The summed E-state index contributed by atoms with van der Waals surface area (Å²) in [6.45, 7) is 3.71. The molecule has 3 heteroatoms. The average molecular weight is 288 g/mol. The Hall–Kier alpha value is -1.51. The number of hydrogen-bond donors (Lipinski definition) is 1. The molecular weight excluding hydrogens is 270 g/mol. The van der Waals surface area contributed by atoms with Gasteiger partial charge in [0.2, 0.25) is 0 Å². The van der Waals surface area contributed by atoms with E-state index in [0.29, 0.717) is 6.04 Å². The van der Waals surface area contributed by atoms with Gasteiger partial charge in [-0.15, -0.1) is 0 Å². The van der Waals surface area contributed by atoms with E-state index in [4.69, 9.17) is 16.3 Å². The smallest absolute Gasteiger partial charge is 0.126 e. The number of benzene rings is 2. The fraction of sp³-hybridized carbons (Fsp3) is 0.294. The van der Waals surface area contributed by atoms with Crippen molar-refractivity contribution in [3.05, 3.63) is 64.2 Å². The van der Waals surface area contributed by atoms with Crippen LogP contribution in [0.5, 0.6) is 5.75 Å². The first-order chi connectivity index (χ1) is 9.74. The van der Waals surface area contributed by atoms with Gasteiger partial charge >= 0.3 is 0 Å². The van der Waals surface area contributed by atoms with Gasteiger partial charge in [0.1, 0.15) is 5.75 Å². The Balaban J connectivity index is 1.73. The molecule has 3 rings (SSSR count). The number of para-hydroxylation sites is 1. The molecule has 1 heterocycles. The monoisotopic (exact) mass is 287 g/mol. The van der Waals surface area contributed by atoms with E-state index in [9.17, 15) is 0 Å².